The molecule has 0 aliphatic carbocycles. The Morgan fingerprint density at radius 3 is 2.58 bits per heavy atom. The van der Waals surface area contributed by atoms with Gasteiger partial charge in [-0.15, -0.1) is 0 Å². The Balaban J connectivity index is 1.53. The van der Waals surface area contributed by atoms with Crippen LogP contribution in [0.2, 0.25) is 0 Å². The second-order valence-corrected chi connectivity index (χ2v) is 8.19. The summed E-state index contributed by atoms with van der Waals surface area (Å²) in [5.41, 5.74) is 1.05. The van der Waals surface area contributed by atoms with Crippen LogP contribution < -0.4 is 20.1 Å². The van der Waals surface area contributed by atoms with E-state index in [1.807, 2.05) is 49.5 Å². The molecule has 7 heteroatoms. The molecular weight excluding hydrogens is 390 g/mol. The summed E-state index contributed by atoms with van der Waals surface area (Å²) in [6.07, 6.45) is 1.82. The molecule has 168 valence electrons. The number of rotatable bonds is 8. The van der Waals surface area contributed by atoms with Crippen LogP contribution in [0.4, 0.5) is 0 Å². The first-order valence-electron chi connectivity index (χ1n) is 11.1. The largest absolute Gasteiger partial charge is 0.490 e. The third-order valence-corrected chi connectivity index (χ3v) is 5.54. The van der Waals surface area contributed by atoms with Gasteiger partial charge in [0.2, 0.25) is 5.88 Å². The molecule has 0 spiro atoms. The maximum absolute atomic E-state index is 5.90. The predicted octanol–water partition coefficient (Wildman–Crippen LogP) is 3.67. The molecule has 0 amide bonds. The smallest absolute Gasteiger partial charge is 0.219 e. The summed E-state index contributed by atoms with van der Waals surface area (Å²) in [6.45, 7) is 12.1. The zero-order chi connectivity index (χ0) is 22.2. The minimum Gasteiger partial charge on any atom is -0.490 e. The van der Waals surface area contributed by atoms with Gasteiger partial charge in [-0.05, 0) is 44.4 Å². The average molecular weight is 426 g/mol. The normalized spacial score (nSPS) is 19.5. The van der Waals surface area contributed by atoms with Gasteiger partial charge in [-0.1, -0.05) is 25.1 Å². The standard InChI is InChI=1S/C24H35N5O2/c1-6-30-21-9-7-8-10-22(21)31-23-12-11-19(13-26-23)14-27-24(25-5)28-20-16-29(17(2)3)15-18(20)4/h7-13,17-18,20H,6,14-16H2,1-5H3,(H2,25,27,28). The molecule has 0 radical (unpaired) electrons. The maximum Gasteiger partial charge on any atom is 0.219 e. The summed E-state index contributed by atoms with van der Waals surface area (Å²) in [5.74, 6) is 3.30. The van der Waals surface area contributed by atoms with Gasteiger partial charge >= 0.3 is 0 Å². The number of nitrogens with one attached hydrogen (secondary N) is 2. The molecule has 3 rings (SSSR count). The van der Waals surface area contributed by atoms with Crippen molar-refractivity contribution in [3.8, 4) is 17.4 Å². The minimum atomic E-state index is 0.396. The first-order chi connectivity index (χ1) is 15.0. The van der Waals surface area contributed by atoms with E-state index in [1.54, 1.807) is 7.05 Å². The van der Waals surface area contributed by atoms with Crippen molar-refractivity contribution >= 4 is 5.96 Å². The average Bonchev–Trinajstić information content (AvgIpc) is 3.14. The SMILES string of the molecule is CCOc1ccccc1Oc1ccc(CNC(=NC)NC2CN(C(C)C)CC2C)cn1. The summed E-state index contributed by atoms with van der Waals surface area (Å²) in [6, 6.07) is 12.4. The highest BCUT2D eigenvalue weighted by Crippen LogP contribution is 2.30. The lowest BCUT2D eigenvalue weighted by Crippen LogP contribution is -2.46. The number of hydrogen-bond donors (Lipinski definition) is 2. The van der Waals surface area contributed by atoms with Crippen LogP contribution >= 0.6 is 0 Å². The number of hydrogen-bond acceptors (Lipinski definition) is 5. The lowest BCUT2D eigenvalue weighted by Gasteiger charge is -2.22. The molecule has 2 N–H and O–H groups in total. The van der Waals surface area contributed by atoms with E-state index in [2.05, 4.69) is 46.3 Å². The van der Waals surface area contributed by atoms with Crippen LogP contribution in [-0.2, 0) is 6.54 Å². The lowest BCUT2D eigenvalue weighted by atomic mass is 10.1. The molecule has 1 fully saturated rings. The van der Waals surface area contributed by atoms with Crippen LogP contribution in [0.5, 0.6) is 17.4 Å². The molecule has 2 unspecified atom stereocenters. The summed E-state index contributed by atoms with van der Waals surface area (Å²) in [7, 11) is 1.81. The number of aliphatic imine (C=N–C) groups is 1. The molecule has 7 nitrogen and oxygen atoms in total. The van der Waals surface area contributed by atoms with Crippen LogP contribution in [-0.4, -0.2) is 54.7 Å². The van der Waals surface area contributed by atoms with Crippen LogP contribution in [0, 0.1) is 5.92 Å². The number of benzene rings is 1. The molecule has 1 aliphatic heterocycles. The van der Waals surface area contributed by atoms with Crippen molar-refractivity contribution in [2.24, 2.45) is 10.9 Å². The van der Waals surface area contributed by atoms with Crippen molar-refractivity contribution in [2.75, 3.05) is 26.7 Å². The third kappa shape index (κ3) is 6.34. The predicted molar refractivity (Wildman–Crippen MR) is 125 cm³/mol. The Labute approximate surface area is 185 Å². The molecule has 1 aromatic carbocycles. The van der Waals surface area contributed by atoms with Gasteiger partial charge in [0, 0.05) is 51.0 Å². The van der Waals surface area contributed by atoms with Gasteiger partial charge in [-0.2, -0.15) is 0 Å². The molecule has 2 atom stereocenters. The van der Waals surface area contributed by atoms with E-state index in [4.69, 9.17) is 9.47 Å². The van der Waals surface area contributed by atoms with Crippen LogP contribution in [0.1, 0.15) is 33.3 Å². The molecule has 2 aromatic rings. The number of para-hydroxylation sites is 2. The molecule has 1 aliphatic rings. The van der Waals surface area contributed by atoms with Gasteiger partial charge in [0.25, 0.3) is 0 Å². The fourth-order valence-corrected chi connectivity index (χ4v) is 3.67. The van der Waals surface area contributed by atoms with Crippen LogP contribution in [0.25, 0.3) is 0 Å². The Morgan fingerprint density at radius 2 is 1.97 bits per heavy atom. The van der Waals surface area contributed by atoms with Gasteiger partial charge in [0.05, 0.1) is 6.61 Å². The first kappa shape index (κ1) is 22.9. The fourth-order valence-electron chi connectivity index (χ4n) is 3.67. The summed E-state index contributed by atoms with van der Waals surface area (Å²) < 4.78 is 11.5. The van der Waals surface area contributed by atoms with Crippen molar-refractivity contribution in [1.82, 2.24) is 20.5 Å². The van der Waals surface area contributed by atoms with E-state index in [1.165, 1.54) is 0 Å². The maximum atomic E-state index is 5.90. The van der Waals surface area contributed by atoms with E-state index >= 15 is 0 Å². The highest BCUT2D eigenvalue weighted by atomic mass is 16.5. The van der Waals surface area contributed by atoms with Gasteiger partial charge < -0.3 is 20.1 Å². The Kier molecular flexibility index (Phi) is 8.12. The van der Waals surface area contributed by atoms with Gasteiger partial charge in [0.15, 0.2) is 17.5 Å². The quantitative estimate of drug-likeness (QED) is 0.497. The molecule has 1 saturated heterocycles. The third-order valence-electron chi connectivity index (χ3n) is 5.54. The summed E-state index contributed by atoms with van der Waals surface area (Å²) in [5, 5.41) is 6.96. The zero-order valence-electron chi connectivity index (χ0n) is 19.3. The van der Waals surface area contributed by atoms with Crippen molar-refractivity contribution in [3.63, 3.8) is 0 Å². The Morgan fingerprint density at radius 1 is 1.19 bits per heavy atom. The summed E-state index contributed by atoms with van der Waals surface area (Å²) in [4.78, 5) is 11.3. The fraction of sp³-hybridized carbons (Fsp3) is 0.500. The Bertz CT molecular complexity index is 853. The van der Waals surface area contributed by atoms with Crippen LogP contribution in [0.15, 0.2) is 47.6 Å². The van der Waals surface area contributed by atoms with Crippen LogP contribution in [0.3, 0.4) is 0 Å². The van der Waals surface area contributed by atoms with Crippen molar-refractivity contribution in [2.45, 2.75) is 46.3 Å². The monoisotopic (exact) mass is 425 g/mol. The lowest BCUT2D eigenvalue weighted by molar-refractivity contribution is 0.265. The summed E-state index contributed by atoms with van der Waals surface area (Å²) >= 11 is 0. The second kappa shape index (κ2) is 11.0. The second-order valence-electron chi connectivity index (χ2n) is 8.19. The minimum absolute atomic E-state index is 0.396. The number of guanidine groups is 1. The highest BCUT2D eigenvalue weighted by Gasteiger charge is 2.31. The zero-order valence-corrected chi connectivity index (χ0v) is 19.3. The van der Waals surface area contributed by atoms with E-state index < -0.39 is 0 Å². The number of pyridine rings is 1. The molecule has 0 bridgehead atoms. The van der Waals surface area contributed by atoms with E-state index in [-0.39, 0.29) is 0 Å². The molecule has 2 heterocycles. The van der Waals surface area contributed by atoms with Crippen molar-refractivity contribution < 1.29 is 9.47 Å². The van der Waals surface area contributed by atoms with E-state index in [0.717, 1.165) is 24.6 Å². The first-order valence-corrected chi connectivity index (χ1v) is 11.1. The Hall–Kier alpha value is -2.80. The van der Waals surface area contributed by atoms with E-state index in [9.17, 15) is 0 Å². The molecule has 0 saturated carbocycles. The van der Waals surface area contributed by atoms with E-state index in [0.29, 0.717) is 48.5 Å². The highest BCUT2D eigenvalue weighted by molar-refractivity contribution is 5.80. The topological polar surface area (TPSA) is 71.0 Å². The van der Waals surface area contributed by atoms with Gasteiger partial charge in [-0.3, -0.25) is 9.89 Å². The number of nitrogens with zero attached hydrogens (tertiary/aromatic N) is 3. The number of aromatic nitrogens is 1. The number of ether oxygens (including phenoxy) is 2. The number of likely N-dealkylation sites (tertiary alicyclic amines) is 1. The molecule has 1 aromatic heterocycles. The molecule has 31 heavy (non-hydrogen) atoms. The van der Waals surface area contributed by atoms with Crippen molar-refractivity contribution in [3.05, 3.63) is 48.2 Å². The molecular formula is C24H35N5O2. The van der Waals surface area contributed by atoms with Gasteiger partial charge in [0.1, 0.15) is 0 Å². The van der Waals surface area contributed by atoms with Gasteiger partial charge in [-0.25, -0.2) is 4.98 Å². The van der Waals surface area contributed by atoms with Crippen molar-refractivity contribution in [1.29, 1.82) is 0 Å².